The number of benzene rings is 2. The van der Waals surface area contributed by atoms with Crippen molar-refractivity contribution in [2.45, 2.75) is 6.54 Å². The lowest BCUT2D eigenvalue weighted by atomic mass is 10.2. The van der Waals surface area contributed by atoms with Crippen LogP contribution in [-0.2, 0) is 6.54 Å². The average molecular weight is 316 g/mol. The van der Waals surface area contributed by atoms with Gasteiger partial charge in [-0.25, -0.2) is 4.79 Å². The normalized spacial score (nSPS) is 9.87. The zero-order chi connectivity index (χ0) is 16.7. The van der Waals surface area contributed by atoms with Gasteiger partial charge in [0.05, 0.1) is 21.3 Å². The number of methoxy groups -OCH3 is 3. The van der Waals surface area contributed by atoms with Gasteiger partial charge in [-0.15, -0.1) is 0 Å². The van der Waals surface area contributed by atoms with Gasteiger partial charge in [0.2, 0.25) is 0 Å². The molecule has 0 bridgehead atoms. The molecule has 0 saturated carbocycles. The lowest BCUT2D eigenvalue weighted by Crippen LogP contribution is -2.28. The van der Waals surface area contributed by atoms with Crippen molar-refractivity contribution in [1.82, 2.24) is 5.32 Å². The molecule has 0 aliphatic heterocycles. The fourth-order valence-corrected chi connectivity index (χ4v) is 2.02. The van der Waals surface area contributed by atoms with E-state index in [1.807, 2.05) is 24.3 Å². The van der Waals surface area contributed by atoms with Crippen LogP contribution in [0.15, 0.2) is 42.5 Å². The largest absolute Gasteiger partial charge is 0.497 e. The Morgan fingerprint density at radius 1 is 0.913 bits per heavy atom. The fraction of sp³-hybridized carbons (Fsp3) is 0.235. The predicted molar refractivity (Wildman–Crippen MR) is 88.4 cm³/mol. The smallest absolute Gasteiger partial charge is 0.319 e. The molecule has 6 heteroatoms. The quantitative estimate of drug-likeness (QED) is 0.859. The van der Waals surface area contributed by atoms with Crippen molar-refractivity contribution in [2.75, 3.05) is 26.6 Å². The number of nitrogens with one attached hydrogen (secondary N) is 2. The highest BCUT2D eigenvalue weighted by Gasteiger charge is 2.06. The molecule has 2 N–H and O–H groups in total. The Morgan fingerprint density at radius 2 is 1.57 bits per heavy atom. The molecule has 0 heterocycles. The number of carbonyl (C=O) groups is 1. The maximum absolute atomic E-state index is 12.0. The van der Waals surface area contributed by atoms with Gasteiger partial charge in [0.25, 0.3) is 0 Å². The summed E-state index contributed by atoms with van der Waals surface area (Å²) < 4.78 is 15.5. The number of urea groups is 1. The number of carbonyl (C=O) groups excluding carboxylic acids is 1. The lowest BCUT2D eigenvalue weighted by molar-refractivity contribution is 0.251. The SMILES string of the molecule is COc1cccc(CNC(=O)Nc2cc(OC)cc(OC)c2)c1. The average Bonchev–Trinajstić information content (AvgIpc) is 2.59. The molecule has 2 aromatic carbocycles. The first-order valence-electron chi connectivity index (χ1n) is 7.05. The van der Waals surface area contributed by atoms with E-state index in [0.717, 1.165) is 11.3 Å². The molecule has 0 aromatic heterocycles. The lowest BCUT2D eigenvalue weighted by Gasteiger charge is -2.11. The molecule has 2 rings (SSSR count). The van der Waals surface area contributed by atoms with Crippen LogP contribution in [0.2, 0.25) is 0 Å². The number of rotatable bonds is 6. The van der Waals surface area contributed by atoms with Gasteiger partial charge in [0.15, 0.2) is 0 Å². The van der Waals surface area contributed by atoms with Crippen LogP contribution in [0.3, 0.4) is 0 Å². The number of anilines is 1. The Bertz CT molecular complexity index is 651. The molecule has 0 unspecified atom stereocenters. The third kappa shape index (κ3) is 4.81. The number of amides is 2. The summed E-state index contributed by atoms with van der Waals surface area (Å²) in [7, 11) is 4.72. The van der Waals surface area contributed by atoms with E-state index in [1.54, 1.807) is 39.5 Å². The Hall–Kier alpha value is -2.89. The molecule has 122 valence electrons. The van der Waals surface area contributed by atoms with Gasteiger partial charge >= 0.3 is 6.03 Å². The van der Waals surface area contributed by atoms with Gasteiger partial charge < -0.3 is 24.8 Å². The molecule has 0 radical (unpaired) electrons. The van der Waals surface area contributed by atoms with Gasteiger partial charge in [-0.3, -0.25) is 0 Å². The van der Waals surface area contributed by atoms with E-state index in [0.29, 0.717) is 23.7 Å². The second-order valence-corrected chi connectivity index (χ2v) is 4.76. The molecule has 23 heavy (non-hydrogen) atoms. The van der Waals surface area contributed by atoms with Gasteiger partial charge in [-0.2, -0.15) is 0 Å². The molecule has 0 saturated heterocycles. The van der Waals surface area contributed by atoms with E-state index in [4.69, 9.17) is 14.2 Å². The molecule has 6 nitrogen and oxygen atoms in total. The Morgan fingerprint density at radius 3 is 2.17 bits per heavy atom. The second-order valence-electron chi connectivity index (χ2n) is 4.76. The van der Waals surface area contributed by atoms with E-state index < -0.39 is 0 Å². The molecule has 0 spiro atoms. The molecular formula is C17H20N2O4. The zero-order valence-electron chi connectivity index (χ0n) is 13.4. The van der Waals surface area contributed by atoms with Crippen LogP contribution in [-0.4, -0.2) is 27.4 Å². The predicted octanol–water partition coefficient (Wildman–Crippen LogP) is 3.03. The van der Waals surface area contributed by atoms with Crippen LogP contribution in [0.5, 0.6) is 17.2 Å². The summed E-state index contributed by atoms with van der Waals surface area (Å²) in [6.07, 6.45) is 0. The molecule has 0 atom stereocenters. The molecule has 2 aromatic rings. The highest BCUT2D eigenvalue weighted by Crippen LogP contribution is 2.25. The Kier molecular flexibility index (Phi) is 5.68. The van der Waals surface area contributed by atoms with E-state index in [2.05, 4.69) is 10.6 Å². The van der Waals surface area contributed by atoms with Crippen molar-refractivity contribution in [2.24, 2.45) is 0 Å². The van der Waals surface area contributed by atoms with Crippen molar-refractivity contribution in [3.8, 4) is 17.2 Å². The van der Waals surface area contributed by atoms with Crippen molar-refractivity contribution >= 4 is 11.7 Å². The van der Waals surface area contributed by atoms with Gasteiger partial charge in [0.1, 0.15) is 17.2 Å². The van der Waals surface area contributed by atoms with Crippen LogP contribution in [0.4, 0.5) is 10.5 Å². The number of ether oxygens (including phenoxy) is 3. The van der Waals surface area contributed by atoms with E-state index >= 15 is 0 Å². The van der Waals surface area contributed by atoms with Crippen molar-refractivity contribution < 1.29 is 19.0 Å². The topological polar surface area (TPSA) is 68.8 Å². The van der Waals surface area contributed by atoms with Crippen LogP contribution < -0.4 is 24.8 Å². The van der Waals surface area contributed by atoms with E-state index in [-0.39, 0.29) is 6.03 Å². The summed E-state index contributed by atoms with van der Waals surface area (Å²) in [6, 6.07) is 12.4. The van der Waals surface area contributed by atoms with Gasteiger partial charge in [-0.1, -0.05) is 12.1 Å². The van der Waals surface area contributed by atoms with E-state index in [1.165, 1.54) is 0 Å². The molecular weight excluding hydrogens is 296 g/mol. The minimum absolute atomic E-state index is 0.317. The summed E-state index contributed by atoms with van der Waals surface area (Å²) >= 11 is 0. The highest BCUT2D eigenvalue weighted by molar-refractivity contribution is 5.89. The van der Waals surface area contributed by atoms with Crippen LogP contribution in [0.1, 0.15) is 5.56 Å². The Balaban J connectivity index is 1.96. The molecule has 2 amide bonds. The molecule has 0 aliphatic rings. The summed E-state index contributed by atoms with van der Waals surface area (Å²) in [6.45, 7) is 0.393. The zero-order valence-corrected chi connectivity index (χ0v) is 13.4. The second kappa shape index (κ2) is 7.93. The van der Waals surface area contributed by atoms with Crippen molar-refractivity contribution in [1.29, 1.82) is 0 Å². The Labute approximate surface area is 135 Å². The molecule has 0 fully saturated rings. The minimum Gasteiger partial charge on any atom is -0.497 e. The van der Waals surface area contributed by atoms with Crippen molar-refractivity contribution in [3.05, 3.63) is 48.0 Å². The first kappa shape index (κ1) is 16.5. The summed E-state index contributed by atoms with van der Waals surface area (Å²) in [4.78, 5) is 12.0. The van der Waals surface area contributed by atoms with Gasteiger partial charge in [0, 0.05) is 30.4 Å². The standard InChI is InChI=1S/C17H20N2O4/c1-21-14-6-4-5-12(7-14)11-18-17(20)19-13-8-15(22-2)10-16(9-13)23-3/h4-10H,11H2,1-3H3,(H2,18,19,20). The third-order valence-corrected chi connectivity index (χ3v) is 3.20. The number of hydrogen-bond acceptors (Lipinski definition) is 4. The minimum atomic E-state index is -0.317. The maximum atomic E-state index is 12.0. The first-order chi connectivity index (χ1) is 11.1. The van der Waals surface area contributed by atoms with E-state index in [9.17, 15) is 4.79 Å². The maximum Gasteiger partial charge on any atom is 0.319 e. The monoisotopic (exact) mass is 316 g/mol. The van der Waals surface area contributed by atoms with Crippen LogP contribution in [0, 0.1) is 0 Å². The summed E-state index contributed by atoms with van der Waals surface area (Å²) in [5.74, 6) is 1.96. The number of hydrogen-bond donors (Lipinski definition) is 2. The first-order valence-corrected chi connectivity index (χ1v) is 7.05. The highest BCUT2D eigenvalue weighted by atomic mass is 16.5. The fourth-order valence-electron chi connectivity index (χ4n) is 2.02. The summed E-state index contributed by atoms with van der Waals surface area (Å²) in [5.41, 5.74) is 1.53. The van der Waals surface area contributed by atoms with Crippen molar-refractivity contribution in [3.63, 3.8) is 0 Å². The third-order valence-electron chi connectivity index (χ3n) is 3.20. The summed E-state index contributed by atoms with van der Waals surface area (Å²) in [5, 5.41) is 5.54. The van der Waals surface area contributed by atoms with Crippen LogP contribution >= 0.6 is 0 Å². The molecule has 0 aliphatic carbocycles. The van der Waals surface area contributed by atoms with Crippen LogP contribution in [0.25, 0.3) is 0 Å². The van der Waals surface area contributed by atoms with Gasteiger partial charge in [-0.05, 0) is 17.7 Å².